The van der Waals surface area contributed by atoms with Gasteiger partial charge in [-0.3, -0.25) is 4.55 Å². The summed E-state index contributed by atoms with van der Waals surface area (Å²) in [5.41, 5.74) is 6.98. The van der Waals surface area contributed by atoms with Crippen LogP contribution in [0, 0.1) is 5.82 Å². The molecule has 1 heterocycles. The second-order valence-electron chi connectivity index (χ2n) is 10.8. The number of alkyl halides is 3. The summed E-state index contributed by atoms with van der Waals surface area (Å²) >= 11 is 3.22. The van der Waals surface area contributed by atoms with Crippen molar-refractivity contribution in [3.63, 3.8) is 0 Å². The molecule has 7 nitrogen and oxygen atoms in total. The molecule has 0 saturated carbocycles. The van der Waals surface area contributed by atoms with Crippen molar-refractivity contribution in [3.8, 4) is 33.8 Å². The van der Waals surface area contributed by atoms with E-state index >= 15 is 0 Å². The molecule has 44 heavy (non-hydrogen) atoms. The first-order chi connectivity index (χ1) is 20.8. The third-order valence-electron chi connectivity index (χ3n) is 8.16. The number of hydrogen-bond acceptors (Lipinski definition) is 6. The molecule has 1 atom stereocenters. The van der Waals surface area contributed by atoms with E-state index < -0.39 is 44.4 Å². The van der Waals surface area contributed by atoms with Gasteiger partial charge in [0.15, 0.2) is 5.79 Å². The Labute approximate surface area is 257 Å². The van der Waals surface area contributed by atoms with Crippen LogP contribution >= 0.6 is 15.9 Å². The van der Waals surface area contributed by atoms with E-state index in [1.165, 1.54) is 24.3 Å². The fourth-order valence-electron chi connectivity index (χ4n) is 6.62. The highest BCUT2D eigenvalue weighted by molar-refractivity contribution is 9.10. The first kappa shape index (κ1) is 29.4. The van der Waals surface area contributed by atoms with Crippen molar-refractivity contribution >= 4 is 26.0 Å². The lowest BCUT2D eigenvalue weighted by molar-refractivity contribution is -0.165. The maximum atomic E-state index is 14.6. The smallest absolute Gasteiger partial charge is 0.417 e. The van der Waals surface area contributed by atoms with E-state index in [0.29, 0.717) is 21.2 Å². The van der Waals surface area contributed by atoms with Crippen molar-refractivity contribution < 1.29 is 44.7 Å². The highest BCUT2D eigenvalue weighted by Crippen LogP contribution is 2.58. The van der Waals surface area contributed by atoms with Gasteiger partial charge in [-0.15, -0.1) is 0 Å². The summed E-state index contributed by atoms with van der Waals surface area (Å²) in [5, 5.41) is 0. The second-order valence-corrected chi connectivity index (χ2v) is 13.1. The minimum absolute atomic E-state index is 0.0328. The fourth-order valence-corrected chi connectivity index (χ4v) is 8.01. The molecule has 2 aliphatic carbocycles. The Morgan fingerprint density at radius 2 is 1.73 bits per heavy atom. The molecule has 3 N–H and O–H groups in total. The predicted octanol–water partition coefficient (Wildman–Crippen LogP) is 7.49. The molecule has 1 spiro atoms. The van der Waals surface area contributed by atoms with Gasteiger partial charge in [0.1, 0.15) is 22.2 Å². The Morgan fingerprint density at radius 3 is 2.41 bits per heavy atom. The lowest BCUT2D eigenvalue weighted by Gasteiger charge is -2.28. The fraction of sp³-hybridized carbons (Fsp3) is 0.226. The average molecular weight is 692 g/mol. The van der Waals surface area contributed by atoms with Crippen LogP contribution in [0.25, 0.3) is 22.3 Å². The van der Waals surface area contributed by atoms with Crippen LogP contribution in [0.4, 0.5) is 17.6 Å². The molecular weight excluding hydrogens is 670 g/mol. The zero-order valence-corrected chi connectivity index (χ0v) is 24.9. The van der Waals surface area contributed by atoms with Crippen molar-refractivity contribution in [1.82, 2.24) is 0 Å². The Bertz CT molecular complexity index is 1950. The zero-order chi connectivity index (χ0) is 31.2. The summed E-state index contributed by atoms with van der Waals surface area (Å²) in [5.74, 6) is -1.84. The maximum Gasteiger partial charge on any atom is 0.417 e. The molecular formula is C31H22BrF4NO6S. The van der Waals surface area contributed by atoms with Crippen molar-refractivity contribution in [1.29, 1.82) is 0 Å². The molecule has 4 aromatic rings. The van der Waals surface area contributed by atoms with E-state index in [4.69, 9.17) is 19.9 Å². The number of nitrogens with two attached hydrogens (primary N) is 1. The summed E-state index contributed by atoms with van der Waals surface area (Å²) in [6.07, 6.45) is -4.99. The number of ether oxygens (including phenoxy) is 3. The highest BCUT2D eigenvalue weighted by atomic mass is 79.9. The quantitative estimate of drug-likeness (QED) is 0.149. The molecule has 0 amide bonds. The summed E-state index contributed by atoms with van der Waals surface area (Å²) in [4.78, 5) is -1.27. The van der Waals surface area contributed by atoms with Crippen LogP contribution in [0.15, 0.2) is 70.0 Å². The monoisotopic (exact) mass is 691 g/mol. The van der Waals surface area contributed by atoms with Gasteiger partial charge < -0.3 is 19.9 Å². The Kier molecular flexibility index (Phi) is 6.74. The zero-order valence-electron chi connectivity index (χ0n) is 22.5. The van der Waals surface area contributed by atoms with Crippen molar-refractivity contribution in [2.45, 2.75) is 35.7 Å². The topological polar surface area (TPSA) is 108 Å². The van der Waals surface area contributed by atoms with Gasteiger partial charge in [-0.05, 0) is 58.5 Å². The van der Waals surface area contributed by atoms with Crippen LogP contribution in [0.2, 0.25) is 0 Å². The average Bonchev–Trinajstić information content (AvgIpc) is 3.62. The molecule has 0 bridgehead atoms. The number of fused-ring (bicyclic) bond motifs is 5. The molecule has 0 aromatic heterocycles. The van der Waals surface area contributed by atoms with E-state index in [1.54, 1.807) is 24.3 Å². The van der Waals surface area contributed by atoms with Crippen LogP contribution in [0.1, 0.15) is 40.3 Å². The van der Waals surface area contributed by atoms with Gasteiger partial charge in [-0.1, -0.05) is 46.3 Å². The minimum atomic E-state index is -5.45. The molecule has 3 aliphatic rings. The SMILES string of the molecule is NC1CC2(OCCO2)c2c(-c3c4c(cc(C(F)(F)F)c3S(=O)(=O)O)-c3ccccc3C4)ccc(Oc3cc(F)cc(Br)c3)c21. The molecule has 1 fully saturated rings. The molecule has 4 aromatic carbocycles. The van der Waals surface area contributed by atoms with E-state index in [-0.39, 0.29) is 65.4 Å². The summed E-state index contributed by atoms with van der Waals surface area (Å²) in [6.45, 7) is 0.287. The Hall–Kier alpha value is -3.33. The van der Waals surface area contributed by atoms with Crippen molar-refractivity contribution in [2.75, 3.05) is 13.2 Å². The Balaban J connectivity index is 1.57. The largest absolute Gasteiger partial charge is 0.457 e. The van der Waals surface area contributed by atoms with Gasteiger partial charge in [0.25, 0.3) is 10.1 Å². The van der Waals surface area contributed by atoms with Crippen molar-refractivity contribution in [2.24, 2.45) is 5.73 Å². The predicted molar refractivity (Wildman–Crippen MR) is 154 cm³/mol. The molecule has 1 aliphatic heterocycles. The van der Waals surface area contributed by atoms with Crippen LogP contribution < -0.4 is 10.5 Å². The molecule has 13 heteroatoms. The van der Waals surface area contributed by atoms with Crippen LogP contribution in [0.5, 0.6) is 11.5 Å². The van der Waals surface area contributed by atoms with E-state index in [2.05, 4.69) is 15.9 Å². The minimum Gasteiger partial charge on any atom is -0.457 e. The Morgan fingerprint density at radius 1 is 1.00 bits per heavy atom. The number of rotatable bonds is 4. The van der Waals surface area contributed by atoms with Crippen LogP contribution in [0.3, 0.4) is 0 Å². The van der Waals surface area contributed by atoms with E-state index in [1.807, 2.05) is 0 Å². The third kappa shape index (κ3) is 4.65. The number of benzene rings is 4. The van der Waals surface area contributed by atoms with Gasteiger partial charge in [-0.25, -0.2) is 4.39 Å². The van der Waals surface area contributed by atoms with E-state index in [0.717, 1.165) is 12.1 Å². The molecule has 0 radical (unpaired) electrons. The number of halogens is 5. The summed E-state index contributed by atoms with van der Waals surface area (Å²) < 4.78 is 113. The lowest BCUT2D eigenvalue weighted by atomic mass is 9.87. The second kappa shape index (κ2) is 10.1. The summed E-state index contributed by atoms with van der Waals surface area (Å²) in [7, 11) is -5.45. The molecule has 228 valence electrons. The molecule has 1 unspecified atom stereocenters. The van der Waals surface area contributed by atoms with Crippen LogP contribution in [-0.2, 0) is 38.0 Å². The lowest BCUT2D eigenvalue weighted by Crippen LogP contribution is -2.26. The van der Waals surface area contributed by atoms with Crippen molar-refractivity contribution in [3.05, 3.63) is 98.8 Å². The molecule has 7 rings (SSSR count). The maximum absolute atomic E-state index is 14.6. The van der Waals surface area contributed by atoms with Crippen LogP contribution in [-0.4, -0.2) is 26.2 Å². The highest BCUT2D eigenvalue weighted by Gasteiger charge is 2.52. The normalized spacial score (nSPS) is 18.4. The standard InChI is InChI=1S/C31H22BrF4NO6S/c32-16-10-17(33)12-18(11-16)43-25-6-5-20(28-27(25)24(37)14-30(28)41-7-8-42-30)26-22-9-15-3-1-2-4-19(15)21(22)13-23(31(34,35)36)29(26)44(38,39)40/h1-6,10-13,24H,7-9,14,37H2,(H,38,39,40). The first-order valence-electron chi connectivity index (χ1n) is 13.4. The number of hydrogen-bond donors (Lipinski definition) is 2. The van der Waals surface area contributed by atoms with Gasteiger partial charge in [-0.2, -0.15) is 21.6 Å². The van der Waals surface area contributed by atoms with Gasteiger partial charge >= 0.3 is 6.18 Å². The van der Waals surface area contributed by atoms with Gasteiger partial charge in [0.2, 0.25) is 0 Å². The third-order valence-corrected chi connectivity index (χ3v) is 9.56. The summed E-state index contributed by atoms with van der Waals surface area (Å²) in [6, 6.07) is 13.5. The van der Waals surface area contributed by atoms with Gasteiger partial charge in [0, 0.05) is 39.7 Å². The van der Waals surface area contributed by atoms with E-state index in [9.17, 15) is 30.5 Å². The molecule has 1 saturated heterocycles. The van der Waals surface area contributed by atoms with Gasteiger partial charge in [0.05, 0.1) is 18.8 Å². The first-order valence-corrected chi connectivity index (χ1v) is 15.7.